The minimum Gasteiger partial charge on any atom is -0.747 e. The van der Waals surface area contributed by atoms with Crippen LogP contribution in [0.4, 0.5) is 0 Å². The molecule has 3 rings (SSSR count). The van der Waals surface area contributed by atoms with Gasteiger partial charge in [0.05, 0.1) is 0 Å². The average molecular weight is 1410 g/mol. The molecule has 3 unspecified atom stereocenters. The van der Waals surface area contributed by atoms with Crippen molar-refractivity contribution in [3.8, 4) is 0 Å². The third-order valence-corrected chi connectivity index (χ3v) is 24.1. The second-order valence-electron chi connectivity index (χ2n) is 21.3. The van der Waals surface area contributed by atoms with E-state index >= 15 is 0 Å². The van der Waals surface area contributed by atoms with Gasteiger partial charge < -0.3 is 43.0 Å². The van der Waals surface area contributed by atoms with Gasteiger partial charge in [-0.3, -0.25) is 13.7 Å². The second-order valence-corrected chi connectivity index (χ2v) is 32.4. The molecule has 0 aliphatic rings. The molecule has 0 saturated heterocycles. The summed E-state index contributed by atoms with van der Waals surface area (Å²) in [4.78, 5) is 47.6. The van der Waals surface area contributed by atoms with Crippen molar-refractivity contribution in [3.63, 3.8) is 0 Å². The van der Waals surface area contributed by atoms with Crippen LogP contribution >= 0.6 is 22.8 Å². The summed E-state index contributed by atoms with van der Waals surface area (Å²) < 4.78 is 132. The zero-order chi connectivity index (χ0) is 63.6. The fourth-order valence-electron chi connectivity index (χ4n) is 8.57. The van der Waals surface area contributed by atoms with Gasteiger partial charge in [-0.15, -0.1) is 0 Å². The van der Waals surface area contributed by atoms with Crippen LogP contribution in [-0.4, -0.2) is 83.2 Å². The molecule has 87 heavy (non-hydrogen) atoms. The minimum atomic E-state index is -5.01. The van der Waals surface area contributed by atoms with E-state index in [1.165, 1.54) is 33.4 Å². The topological polar surface area (TPSA) is 344 Å². The molecule has 3 aromatic rings. The van der Waals surface area contributed by atoms with E-state index in [2.05, 4.69) is 75.4 Å². The first kappa shape index (κ1) is 92.4. The van der Waals surface area contributed by atoms with E-state index in [0.717, 1.165) is 93.8 Å². The number of hydrogen-bond acceptors (Lipinski definition) is 12. The fourth-order valence-corrected chi connectivity index (χ4v) is 15.5. The van der Waals surface area contributed by atoms with E-state index < -0.39 is 68.1 Å². The smallest absolute Gasteiger partial charge is 0.747 e. The molecule has 474 valence electrons. The van der Waals surface area contributed by atoms with Crippen LogP contribution in [0, 0.1) is 0 Å². The van der Waals surface area contributed by atoms with Crippen LogP contribution < -0.4 is 154 Å². The standard InChI is InChI=1S/3C20H31O6PS.3K/c3*1-17(9-6-7-14-20(27(21,22)23)28(24,25)26)10-8-11-18(2)15-16-19-12-4-3-5-13-19;;;/h3*3-5,9,11-13,20H,6-8,10,14-16H2,1-2H3,(H2,21,22,23)(H,24,25,26);;;/q;;;3*+1/p-3/b3*17-9+,18-11+;;;. The molecule has 0 radical (unpaired) electrons. The minimum absolute atomic E-state index is 0. The molecule has 27 heteroatoms. The van der Waals surface area contributed by atoms with Crippen molar-refractivity contribution in [2.24, 2.45) is 0 Å². The van der Waals surface area contributed by atoms with Crippen LogP contribution in [0.15, 0.2) is 161 Å². The number of rotatable bonds is 36. The Kier molecular flexibility index (Phi) is 51.8. The molecule has 0 spiro atoms. The third kappa shape index (κ3) is 47.7. The monoisotopic (exact) mass is 1400 g/mol. The average Bonchev–Trinajstić information content (AvgIpc) is 3.56. The normalized spacial score (nSPS) is 14.4. The number of benzene rings is 3. The van der Waals surface area contributed by atoms with Gasteiger partial charge in [0.2, 0.25) is 0 Å². The maximum atomic E-state index is 11.1. The maximum Gasteiger partial charge on any atom is 1.00 e. The van der Waals surface area contributed by atoms with Crippen LogP contribution in [-0.2, 0) is 63.3 Å². The summed E-state index contributed by atoms with van der Waals surface area (Å²) in [6.07, 6.45) is 25.0. The molecule has 0 aliphatic carbocycles. The van der Waals surface area contributed by atoms with Gasteiger partial charge in [-0.2, -0.15) is 0 Å². The van der Waals surface area contributed by atoms with Gasteiger partial charge in [0.25, 0.3) is 0 Å². The molecule has 18 nitrogen and oxygen atoms in total. The van der Waals surface area contributed by atoms with Gasteiger partial charge in [-0.05, 0) is 193 Å². The number of hydrogen-bond donors (Lipinski definition) is 6. The van der Waals surface area contributed by atoms with Gasteiger partial charge in [-0.25, -0.2) is 25.3 Å². The van der Waals surface area contributed by atoms with E-state index in [4.69, 9.17) is 29.4 Å². The van der Waals surface area contributed by atoms with Crippen molar-refractivity contribution in [2.75, 3.05) is 0 Å². The van der Waals surface area contributed by atoms with Crippen LogP contribution in [0.5, 0.6) is 0 Å². The van der Waals surface area contributed by atoms with Crippen LogP contribution in [0.3, 0.4) is 0 Å². The first-order valence-electron chi connectivity index (χ1n) is 28.0. The molecule has 0 amide bonds. The van der Waals surface area contributed by atoms with Crippen LogP contribution in [0.1, 0.15) is 174 Å². The zero-order valence-electron chi connectivity index (χ0n) is 52.4. The van der Waals surface area contributed by atoms with E-state index in [-0.39, 0.29) is 193 Å². The molecule has 0 bridgehead atoms. The largest absolute Gasteiger partial charge is 1.00 e. The van der Waals surface area contributed by atoms with Crippen LogP contribution in [0.25, 0.3) is 0 Å². The Morgan fingerprint density at radius 1 is 0.356 bits per heavy atom. The van der Waals surface area contributed by atoms with E-state index in [9.17, 15) is 52.6 Å². The molecule has 3 atom stereocenters. The van der Waals surface area contributed by atoms with Crippen molar-refractivity contribution in [1.82, 2.24) is 0 Å². The molecule has 0 fully saturated rings. The van der Waals surface area contributed by atoms with Crippen molar-refractivity contribution in [2.45, 2.75) is 191 Å². The quantitative estimate of drug-likeness (QED) is 0.0153. The first-order chi connectivity index (χ1) is 39.0. The molecule has 0 heterocycles. The zero-order valence-corrected chi connectivity index (χ0v) is 66.9. The van der Waals surface area contributed by atoms with Gasteiger partial charge in [-0.1, -0.05) is 161 Å². The van der Waals surface area contributed by atoms with Gasteiger partial charge in [0, 0.05) is 0 Å². The summed E-state index contributed by atoms with van der Waals surface area (Å²) in [6.45, 7) is 12.3. The van der Waals surface area contributed by atoms with Gasteiger partial charge in [0.15, 0.2) is 15.0 Å². The predicted octanol–water partition coefficient (Wildman–Crippen LogP) is 4.55. The summed E-state index contributed by atoms with van der Waals surface area (Å²) >= 11 is 0. The summed E-state index contributed by atoms with van der Waals surface area (Å²) in [7, 11) is -29.9. The SMILES string of the molecule is C/C(=C\CCCC(P(=O)(O)O)S(=O)(=O)[O-])CC/C=C(\C)CCc1ccccc1.C/C(=C\CCCC(P(=O)(O)O)S(=O)(=O)[O-])CC/C=C(\C)CCc1ccccc1.C/C(=C\CCCC(P(=O)(O)O)S(=O)(=O)[O-])CC/C=C(\C)CCc1ccccc1.[K+].[K+].[K+]. The van der Waals surface area contributed by atoms with Crippen molar-refractivity contribution >= 4 is 53.1 Å². The van der Waals surface area contributed by atoms with Crippen molar-refractivity contribution in [1.29, 1.82) is 0 Å². The Hall–Kier alpha value is 1.19. The Balaban J connectivity index is -0.00000120. The van der Waals surface area contributed by atoms with Crippen molar-refractivity contribution < 1.29 is 236 Å². The number of aryl methyl sites for hydroxylation is 3. The molecule has 0 aliphatic heterocycles. The Morgan fingerprint density at radius 2 is 0.540 bits per heavy atom. The summed E-state index contributed by atoms with van der Waals surface area (Å²) in [5, 5.41) is 0. The predicted molar refractivity (Wildman–Crippen MR) is 333 cm³/mol. The molecule has 6 N–H and O–H groups in total. The number of allylic oxidation sites excluding steroid dienone is 12. The van der Waals surface area contributed by atoms with Crippen LogP contribution in [0.2, 0.25) is 0 Å². The molecule has 0 saturated carbocycles. The molecular formula is C60H90K3O18P3S3. The maximum absolute atomic E-state index is 11.1. The Bertz CT molecular complexity index is 2780. The summed E-state index contributed by atoms with van der Waals surface area (Å²) in [5.74, 6) is 0. The Morgan fingerprint density at radius 3 is 0.724 bits per heavy atom. The first-order valence-corrected chi connectivity index (χ1v) is 37.5. The third-order valence-electron chi connectivity index (χ3n) is 13.6. The van der Waals surface area contributed by atoms with E-state index in [1.807, 2.05) is 93.6 Å². The molecule has 3 aromatic carbocycles. The number of unbranched alkanes of at least 4 members (excludes halogenated alkanes) is 3. The molecular weight excluding hydrogens is 1320 g/mol. The van der Waals surface area contributed by atoms with Crippen molar-refractivity contribution in [3.05, 3.63) is 178 Å². The molecule has 0 aromatic heterocycles. The van der Waals surface area contributed by atoms with Gasteiger partial charge in [0.1, 0.15) is 30.4 Å². The Labute approximate surface area is 648 Å². The summed E-state index contributed by atoms with van der Waals surface area (Å²) in [5.41, 5.74) is 11.4. The summed E-state index contributed by atoms with van der Waals surface area (Å²) in [6, 6.07) is 31.0. The van der Waals surface area contributed by atoms with E-state index in [1.54, 1.807) is 0 Å². The van der Waals surface area contributed by atoms with E-state index in [0.29, 0.717) is 19.3 Å². The second kappa shape index (κ2) is 48.8. The van der Waals surface area contributed by atoms with Gasteiger partial charge >= 0.3 is 177 Å². The fraction of sp³-hybridized carbons (Fsp3) is 0.500.